The number of nitrogens with one attached hydrogen (secondary N) is 1. The highest BCUT2D eigenvalue weighted by Gasteiger charge is 2.29. The van der Waals surface area contributed by atoms with Crippen LogP contribution < -0.4 is 10.2 Å². The Labute approximate surface area is 190 Å². The van der Waals surface area contributed by atoms with Gasteiger partial charge in [0.25, 0.3) is 5.91 Å². The standard InChI is InChI=1S/C25H33ClN4O/c1-18-8-11-24(27-17-18)28-25(31)22-16-19(26)9-10-23(22)29(2)20-12-14-30(15-13-20)21-6-4-3-5-7-21/h8-11,16-17,20-21H,3-7,12-15H2,1-2H3,(H,27,28,31). The second-order valence-corrected chi connectivity index (χ2v) is 9.44. The molecule has 1 aliphatic heterocycles. The number of carbonyl (C=O) groups is 1. The summed E-state index contributed by atoms with van der Waals surface area (Å²) >= 11 is 6.26. The first kappa shape index (κ1) is 22.1. The zero-order valence-electron chi connectivity index (χ0n) is 18.6. The summed E-state index contributed by atoms with van der Waals surface area (Å²) in [6, 6.07) is 10.5. The van der Waals surface area contributed by atoms with Crippen molar-refractivity contribution in [2.24, 2.45) is 0 Å². The number of pyridine rings is 1. The zero-order chi connectivity index (χ0) is 21.8. The molecule has 0 unspecified atom stereocenters. The molecular weight excluding hydrogens is 408 g/mol. The molecule has 2 aliphatic rings. The average Bonchev–Trinajstić information content (AvgIpc) is 2.81. The maximum Gasteiger partial charge on any atom is 0.258 e. The van der Waals surface area contributed by atoms with Crippen LogP contribution in [0.2, 0.25) is 5.02 Å². The third kappa shape index (κ3) is 5.39. The monoisotopic (exact) mass is 440 g/mol. The van der Waals surface area contributed by atoms with Crippen molar-refractivity contribution in [3.05, 3.63) is 52.7 Å². The minimum atomic E-state index is -0.180. The van der Waals surface area contributed by atoms with Crippen molar-refractivity contribution in [1.29, 1.82) is 0 Å². The third-order valence-electron chi connectivity index (χ3n) is 6.87. The predicted octanol–water partition coefficient (Wildman–Crippen LogP) is 5.53. The molecule has 1 saturated heterocycles. The summed E-state index contributed by atoms with van der Waals surface area (Å²) in [5.41, 5.74) is 2.57. The molecule has 5 nitrogen and oxygen atoms in total. The molecule has 2 aromatic rings. The lowest BCUT2D eigenvalue weighted by Gasteiger charge is -2.42. The fraction of sp³-hybridized carbons (Fsp3) is 0.520. The van der Waals surface area contributed by atoms with Crippen LogP contribution in [0, 0.1) is 6.92 Å². The Kier molecular flexibility index (Phi) is 7.13. The van der Waals surface area contributed by atoms with Gasteiger partial charge in [-0.25, -0.2) is 4.98 Å². The highest BCUT2D eigenvalue weighted by Crippen LogP contribution is 2.31. The number of aryl methyl sites for hydroxylation is 1. The SMILES string of the molecule is Cc1ccc(NC(=O)c2cc(Cl)ccc2N(C)C2CCN(C3CCCCC3)CC2)nc1. The van der Waals surface area contributed by atoms with Gasteiger partial charge in [-0.05, 0) is 62.4 Å². The molecule has 1 saturated carbocycles. The lowest BCUT2D eigenvalue weighted by Crippen LogP contribution is -2.48. The molecule has 166 valence electrons. The molecule has 0 spiro atoms. The van der Waals surface area contributed by atoms with E-state index in [1.165, 1.54) is 32.1 Å². The quantitative estimate of drug-likeness (QED) is 0.664. The number of carbonyl (C=O) groups excluding carboxylic acids is 1. The van der Waals surface area contributed by atoms with E-state index in [0.29, 0.717) is 22.4 Å². The molecule has 2 fully saturated rings. The van der Waals surface area contributed by atoms with E-state index in [9.17, 15) is 4.79 Å². The Balaban J connectivity index is 1.45. The zero-order valence-corrected chi connectivity index (χ0v) is 19.4. The molecule has 1 aromatic heterocycles. The summed E-state index contributed by atoms with van der Waals surface area (Å²) in [5, 5.41) is 3.48. The molecule has 0 bridgehead atoms. The van der Waals surface area contributed by atoms with Gasteiger partial charge in [0.1, 0.15) is 5.82 Å². The number of piperidine rings is 1. The summed E-state index contributed by atoms with van der Waals surface area (Å²) in [6.45, 7) is 4.26. The van der Waals surface area contributed by atoms with Gasteiger partial charge in [0.2, 0.25) is 0 Å². The second-order valence-electron chi connectivity index (χ2n) is 9.01. The van der Waals surface area contributed by atoms with Crippen molar-refractivity contribution in [2.45, 2.75) is 64.0 Å². The lowest BCUT2D eigenvalue weighted by molar-refractivity contribution is 0.102. The van der Waals surface area contributed by atoms with E-state index in [1.54, 1.807) is 12.3 Å². The molecule has 2 heterocycles. The van der Waals surface area contributed by atoms with Crippen LogP contribution in [0.4, 0.5) is 11.5 Å². The smallest absolute Gasteiger partial charge is 0.258 e. The van der Waals surface area contributed by atoms with Crippen molar-refractivity contribution < 1.29 is 4.79 Å². The van der Waals surface area contributed by atoms with Crippen LogP contribution >= 0.6 is 11.6 Å². The first-order valence-corrected chi connectivity index (χ1v) is 11.9. The van der Waals surface area contributed by atoms with Gasteiger partial charge in [0, 0.05) is 49.1 Å². The molecule has 1 amide bonds. The van der Waals surface area contributed by atoms with Crippen molar-refractivity contribution >= 4 is 29.0 Å². The van der Waals surface area contributed by atoms with Crippen LogP contribution in [0.15, 0.2) is 36.5 Å². The van der Waals surface area contributed by atoms with Gasteiger partial charge in [-0.1, -0.05) is 36.9 Å². The number of rotatable bonds is 5. The number of likely N-dealkylation sites (tertiary alicyclic amines) is 1. The number of halogens is 1. The molecule has 0 atom stereocenters. The molecule has 0 radical (unpaired) electrons. The Hall–Kier alpha value is -2.11. The third-order valence-corrected chi connectivity index (χ3v) is 7.11. The summed E-state index contributed by atoms with van der Waals surface area (Å²) in [4.78, 5) is 22.3. The minimum absolute atomic E-state index is 0.180. The number of amides is 1. The number of hydrogen-bond donors (Lipinski definition) is 1. The van der Waals surface area contributed by atoms with Gasteiger partial charge in [0.15, 0.2) is 0 Å². The van der Waals surface area contributed by atoms with E-state index in [0.717, 1.165) is 43.2 Å². The van der Waals surface area contributed by atoms with E-state index < -0.39 is 0 Å². The average molecular weight is 441 g/mol. The molecule has 6 heteroatoms. The lowest BCUT2D eigenvalue weighted by atomic mass is 9.91. The highest BCUT2D eigenvalue weighted by atomic mass is 35.5. The van der Waals surface area contributed by atoms with Crippen LogP contribution in [0.5, 0.6) is 0 Å². The van der Waals surface area contributed by atoms with Gasteiger partial charge >= 0.3 is 0 Å². The van der Waals surface area contributed by atoms with Crippen LogP contribution in [0.25, 0.3) is 0 Å². The van der Waals surface area contributed by atoms with Gasteiger partial charge in [-0.2, -0.15) is 0 Å². The predicted molar refractivity (Wildman–Crippen MR) is 128 cm³/mol. The summed E-state index contributed by atoms with van der Waals surface area (Å²) in [5.74, 6) is 0.366. The first-order valence-electron chi connectivity index (χ1n) is 11.5. The van der Waals surface area contributed by atoms with Gasteiger partial charge in [0.05, 0.1) is 5.56 Å². The topological polar surface area (TPSA) is 48.5 Å². The molecule has 1 aromatic carbocycles. The van der Waals surface area contributed by atoms with E-state index in [1.807, 2.05) is 31.2 Å². The van der Waals surface area contributed by atoms with Crippen LogP contribution in [-0.2, 0) is 0 Å². The van der Waals surface area contributed by atoms with Crippen molar-refractivity contribution in [2.75, 3.05) is 30.4 Å². The summed E-state index contributed by atoms with van der Waals surface area (Å²) in [6.07, 6.45) is 10.9. The van der Waals surface area contributed by atoms with Gasteiger partial charge in [-0.15, -0.1) is 0 Å². The van der Waals surface area contributed by atoms with Crippen LogP contribution in [0.3, 0.4) is 0 Å². The number of benzene rings is 1. The number of nitrogens with zero attached hydrogens (tertiary/aromatic N) is 3. The Morgan fingerprint density at radius 2 is 1.84 bits per heavy atom. The molecular formula is C25H33ClN4O. The van der Waals surface area contributed by atoms with E-state index in [-0.39, 0.29) is 5.91 Å². The molecule has 1 aliphatic carbocycles. The normalized spacial score (nSPS) is 18.7. The van der Waals surface area contributed by atoms with Crippen LogP contribution in [0.1, 0.15) is 60.9 Å². The Morgan fingerprint density at radius 3 is 2.52 bits per heavy atom. The van der Waals surface area contributed by atoms with Crippen molar-refractivity contribution in [3.63, 3.8) is 0 Å². The van der Waals surface area contributed by atoms with Gasteiger partial charge in [-0.3, -0.25) is 4.79 Å². The highest BCUT2D eigenvalue weighted by molar-refractivity contribution is 6.31. The number of hydrogen-bond acceptors (Lipinski definition) is 4. The van der Waals surface area contributed by atoms with E-state index >= 15 is 0 Å². The summed E-state index contributed by atoms with van der Waals surface area (Å²) in [7, 11) is 2.10. The fourth-order valence-electron chi connectivity index (χ4n) is 5.00. The molecule has 4 rings (SSSR count). The van der Waals surface area contributed by atoms with E-state index in [2.05, 4.69) is 27.1 Å². The van der Waals surface area contributed by atoms with Gasteiger partial charge < -0.3 is 15.1 Å². The fourth-order valence-corrected chi connectivity index (χ4v) is 5.18. The maximum atomic E-state index is 13.1. The van der Waals surface area contributed by atoms with Crippen molar-refractivity contribution in [1.82, 2.24) is 9.88 Å². The maximum absolute atomic E-state index is 13.1. The summed E-state index contributed by atoms with van der Waals surface area (Å²) < 4.78 is 0. The number of anilines is 2. The molecule has 1 N–H and O–H groups in total. The largest absolute Gasteiger partial charge is 0.371 e. The Morgan fingerprint density at radius 1 is 1.10 bits per heavy atom. The molecule has 31 heavy (non-hydrogen) atoms. The number of aromatic nitrogens is 1. The first-order chi connectivity index (χ1) is 15.0. The second kappa shape index (κ2) is 10.0. The Bertz CT molecular complexity index is 887. The minimum Gasteiger partial charge on any atom is -0.371 e. The van der Waals surface area contributed by atoms with Crippen molar-refractivity contribution in [3.8, 4) is 0 Å². The van der Waals surface area contributed by atoms with E-state index in [4.69, 9.17) is 11.6 Å². The van der Waals surface area contributed by atoms with Crippen LogP contribution in [-0.4, -0.2) is 48.0 Å².